The van der Waals surface area contributed by atoms with E-state index < -0.39 is 10.0 Å². The van der Waals surface area contributed by atoms with E-state index >= 15 is 0 Å². The molecule has 0 aliphatic heterocycles. The number of nitrogens with one attached hydrogen (secondary N) is 2. The van der Waals surface area contributed by atoms with E-state index in [9.17, 15) is 13.2 Å². The Bertz CT molecular complexity index is 825. The van der Waals surface area contributed by atoms with Gasteiger partial charge in [-0.2, -0.15) is 0 Å². The third-order valence-electron chi connectivity index (χ3n) is 3.50. The van der Waals surface area contributed by atoms with Crippen LogP contribution in [-0.4, -0.2) is 37.6 Å². The molecule has 2 aromatic rings. The third kappa shape index (κ3) is 6.07. The number of pyridine rings is 1. The molecule has 1 aromatic heterocycles. The number of hydrogen-bond donors (Lipinski definition) is 2. The van der Waals surface area contributed by atoms with E-state index in [4.69, 9.17) is 0 Å². The molecule has 134 valence electrons. The van der Waals surface area contributed by atoms with E-state index in [1.165, 1.54) is 4.90 Å². The van der Waals surface area contributed by atoms with Crippen molar-refractivity contribution < 1.29 is 13.2 Å². The Balaban J connectivity index is 2.00. The first kappa shape index (κ1) is 18.7. The van der Waals surface area contributed by atoms with Crippen molar-refractivity contribution in [1.29, 1.82) is 0 Å². The summed E-state index contributed by atoms with van der Waals surface area (Å²) in [6.07, 6.45) is 2.78. The fraction of sp³-hybridized carbons (Fsp3) is 0.294. The molecular formula is C17H22N4O3S. The number of nitrogens with zero attached hydrogens (tertiary/aromatic N) is 2. The van der Waals surface area contributed by atoms with Gasteiger partial charge in [0.2, 0.25) is 10.0 Å². The average Bonchev–Trinajstić information content (AvgIpc) is 2.54. The first-order valence-electron chi connectivity index (χ1n) is 7.74. The lowest BCUT2D eigenvalue weighted by Crippen LogP contribution is -2.38. The summed E-state index contributed by atoms with van der Waals surface area (Å²) in [5, 5.41) is 2.89. The van der Waals surface area contributed by atoms with Crippen LogP contribution in [0.3, 0.4) is 0 Å². The van der Waals surface area contributed by atoms with Gasteiger partial charge in [0, 0.05) is 18.9 Å². The molecule has 1 aromatic carbocycles. The Morgan fingerprint density at radius 3 is 2.64 bits per heavy atom. The largest absolute Gasteiger partial charge is 0.331 e. The van der Waals surface area contributed by atoms with Gasteiger partial charge in [-0.1, -0.05) is 18.2 Å². The molecular weight excluding hydrogens is 340 g/mol. The monoisotopic (exact) mass is 362 g/mol. The number of aromatic nitrogens is 1. The molecule has 0 fully saturated rings. The Kier molecular flexibility index (Phi) is 5.97. The van der Waals surface area contributed by atoms with Crippen molar-refractivity contribution in [3.05, 3.63) is 59.9 Å². The lowest BCUT2D eigenvalue weighted by atomic mass is 10.1. The van der Waals surface area contributed by atoms with Gasteiger partial charge >= 0.3 is 6.03 Å². The molecule has 0 spiro atoms. The highest BCUT2D eigenvalue weighted by molar-refractivity contribution is 7.92. The Labute approximate surface area is 148 Å². The highest BCUT2D eigenvalue weighted by Gasteiger charge is 2.14. The Morgan fingerprint density at radius 1 is 1.24 bits per heavy atom. The van der Waals surface area contributed by atoms with Crippen LogP contribution < -0.4 is 10.0 Å². The van der Waals surface area contributed by atoms with Crippen molar-refractivity contribution in [3.63, 3.8) is 0 Å². The van der Waals surface area contributed by atoms with Gasteiger partial charge in [0.15, 0.2) is 0 Å². The van der Waals surface area contributed by atoms with Crippen molar-refractivity contribution in [3.8, 4) is 0 Å². The zero-order chi connectivity index (χ0) is 18.4. The highest BCUT2D eigenvalue weighted by atomic mass is 32.2. The van der Waals surface area contributed by atoms with Gasteiger partial charge in [0.05, 0.1) is 24.5 Å². The highest BCUT2D eigenvalue weighted by Crippen LogP contribution is 2.18. The van der Waals surface area contributed by atoms with Crippen LogP contribution in [0.15, 0.2) is 48.7 Å². The van der Waals surface area contributed by atoms with Gasteiger partial charge in [-0.3, -0.25) is 9.71 Å². The smallest absolute Gasteiger partial charge is 0.317 e. The van der Waals surface area contributed by atoms with Crippen LogP contribution in [0, 0.1) is 0 Å². The summed E-state index contributed by atoms with van der Waals surface area (Å²) in [6.45, 7) is 2.24. The molecule has 0 bridgehead atoms. The lowest BCUT2D eigenvalue weighted by Gasteiger charge is -2.21. The SMILES string of the molecule is CC(NC(=O)N(C)Cc1ccccn1)c1cccc(NS(C)(=O)=O)c1. The molecule has 1 heterocycles. The number of carbonyl (C=O) groups is 1. The first-order valence-corrected chi connectivity index (χ1v) is 9.63. The van der Waals surface area contributed by atoms with Gasteiger partial charge in [0.1, 0.15) is 0 Å². The van der Waals surface area contributed by atoms with Gasteiger partial charge in [0.25, 0.3) is 0 Å². The van der Waals surface area contributed by atoms with Crippen LogP contribution in [0.5, 0.6) is 0 Å². The van der Waals surface area contributed by atoms with Crippen LogP contribution in [0.4, 0.5) is 10.5 Å². The maximum atomic E-state index is 12.3. The quantitative estimate of drug-likeness (QED) is 0.825. The fourth-order valence-corrected chi connectivity index (χ4v) is 2.83. The average molecular weight is 362 g/mol. The lowest BCUT2D eigenvalue weighted by molar-refractivity contribution is 0.203. The van der Waals surface area contributed by atoms with E-state index in [0.717, 1.165) is 17.5 Å². The summed E-state index contributed by atoms with van der Waals surface area (Å²) >= 11 is 0. The second kappa shape index (κ2) is 7.98. The normalized spacial score (nSPS) is 12.3. The van der Waals surface area contributed by atoms with Crippen LogP contribution in [-0.2, 0) is 16.6 Å². The minimum Gasteiger partial charge on any atom is -0.331 e. The summed E-state index contributed by atoms with van der Waals surface area (Å²) in [5.74, 6) is 0. The molecule has 0 saturated heterocycles. The standard InChI is InChI=1S/C17H22N4O3S/c1-13(14-7-6-9-15(11-14)20-25(3,23)24)19-17(22)21(2)12-16-8-4-5-10-18-16/h4-11,13,20H,12H2,1-3H3,(H,19,22). The third-order valence-corrected chi connectivity index (χ3v) is 4.11. The van der Waals surface area contributed by atoms with Gasteiger partial charge in [-0.25, -0.2) is 13.2 Å². The van der Waals surface area contributed by atoms with Crippen LogP contribution in [0.25, 0.3) is 0 Å². The zero-order valence-corrected chi connectivity index (χ0v) is 15.2. The molecule has 2 amide bonds. The minimum atomic E-state index is -3.34. The number of carbonyl (C=O) groups excluding carboxylic acids is 1. The summed E-state index contributed by atoms with van der Waals surface area (Å²) in [6, 6.07) is 12.0. The molecule has 8 heteroatoms. The number of amides is 2. The van der Waals surface area contributed by atoms with E-state index in [0.29, 0.717) is 12.2 Å². The minimum absolute atomic E-state index is 0.236. The van der Waals surface area contributed by atoms with E-state index in [1.807, 2.05) is 31.2 Å². The number of anilines is 1. The fourth-order valence-electron chi connectivity index (χ4n) is 2.27. The van der Waals surface area contributed by atoms with Crippen molar-refractivity contribution >= 4 is 21.7 Å². The number of urea groups is 1. The molecule has 0 saturated carbocycles. The Morgan fingerprint density at radius 2 is 2.00 bits per heavy atom. The van der Waals surface area contributed by atoms with Crippen molar-refractivity contribution in [1.82, 2.24) is 15.2 Å². The van der Waals surface area contributed by atoms with E-state index in [-0.39, 0.29) is 12.1 Å². The molecule has 1 atom stereocenters. The van der Waals surface area contributed by atoms with Crippen molar-refractivity contribution in [2.24, 2.45) is 0 Å². The van der Waals surface area contributed by atoms with Crippen molar-refractivity contribution in [2.75, 3.05) is 18.0 Å². The maximum absolute atomic E-state index is 12.3. The van der Waals surface area contributed by atoms with Crippen LogP contribution in [0.1, 0.15) is 24.2 Å². The zero-order valence-electron chi connectivity index (χ0n) is 14.4. The van der Waals surface area contributed by atoms with Gasteiger partial charge in [-0.05, 0) is 36.8 Å². The van der Waals surface area contributed by atoms with Crippen LogP contribution >= 0.6 is 0 Å². The van der Waals surface area contributed by atoms with E-state index in [2.05, 4.69) is 15.0 Å². The second-order valence-electron chi connectivity index (χ2n) is 5.85. The van der Waals surface area contributed by atoms with E-state index in [1.54, 1.807) is 31.4 Å². The number of benzene rings is 1. The number of sulfonamides is 1. The first-order chi connectivity index (χ1) is 11.7. The summed E-state index contributed by atoms with van der Waals surface area (Å²) in [4.78, 5) is 18.1. The summed E-state index contributed by atoms with van der Waals surface area (Å²) < 4.78 is 25.1. The summed E-state index contributed by atoms with van der Waals surface area (Å²) in [7, 11) is -1.65. The second-order valence-corrected chi connectivity index (χ2v) is 7.60. The molecule has 1 unspecified atom stereocenters. The predicted molar refractivity (Wildman–Crippen MR) is 97.6 cm³/mol. The Hall–Kier alpha value is -2.61. The van der Waals surface area contributed by atoms with Gasteiger partial charge in [-0.15, -0.1) is 0 Å². The molecule has 0 radical (unpaired) electrons. The number of rotatable bonds is 6. The molecule has 7 nitrogen and oxygen atoms in total. The predicted octanol–water partition coefficient (Wildman–Crippen LogP) is 2.36. The summed E-state index contributed by atoms with van der Waals surface area (Å²) in [5.41, 5.74) is 2.06. The topological polar surface area (TPSA) is 91.4 Å². The number of hydrogen-bond acceptors (Lipinski definition) is 4. The maximum Gasteiger partial charge on any atom is 0.317 e. The molecule has 25 heavy (non-hydrogen) atoms. The van der Waals surface area contributed by atoms with Crippen molar-refractivity contribution in [2.45, 2.75) is 19.5 Å². The van der Waals surface area contributed by atoms with Crippen LogP contribution in [0.2, 0.25) is 0 Å². The molecule has 2 rings (SSSR count). The van der Waals surface area contributed by atoms with Gasteiger partial charge < -0.3 is 10.2 Å². The molecule has 2 N–H and O–H groups in total. The molecule has 0 aliphatic rings. The molecule has 0 aliphatic carbocycles.